The monoisotopic (exact) mass is 325 g/mol. The van der Waals surface area contributed by atoms with Crippen LogP contribution in [0.15, 0.2) is 59.3 Å². The highest BCUT2D eigenvalue weighted by Gasteiger charge is 2.09. The first kappa shape index (κ1) is 15.1. The topological polar surface area (TPSA) is 3.24 Å². The lowest BCUT2D eigenvalue weighted by Crippen LogP contribution is -2.11. The third-order valence-electron chi connectivity index (χ3n) is 3.55. The molecule has 0 aliphatic rings. The summed E-state index contributed by atoms with van der Waals surface area (Å²) in [6, 6.07) is 17.3. The zero-order chi connectivity index (χ0) is 15.4. The molecular weight excluding hydrogens is 306 g/mol. The molecule has 112 valence electrons. The summed E-state index contributed by atoms with van der Waals surface area (Å²) < 4.78 is 0. The number of benzene rings is 1. The Bertz CT molecular complexity index is 738. The van der Waals surface area contributed by atoms with Crippen LogP contribution in [0.3, 0.4) is 0 Å². The molecule has 3 rings (SSSR count). The Kier molecular flexibility index (Phi) is 4.76. The minimum absolute atomic E-state index is 0.951. The second kappa shape index (κ2) is 6.95. The number of anilines is 1. The predicted molar refractivity (Wildman–Crippen MR) is 101 cm³/mol. The molecular formula is C19H19NS2. The van der Waals surface area contributed by atoms with Crippen LogP contribution in [0.1, 0.15) is 15.3 Å². The van der Waals surface area contributed by atoms with Crippen LogP contribution < -0.4 is 4.90 Å². The normalized spacial score (nSPS) is 11.6. The second-order valence-electron chi connectivity index (χ2n) is 5.36. The minimum Gasteiger partial charge on any atom is -0.377 e. The molecule has 1 nitrogen and oxygen atoms in total. The molecule has 0 saturated carbocycles. The van der Waals surface area contributed by atoms with Crippen LogP contribution in [-0.2, 0) is 6.42 Å². The van der Waals surface area contributed by atoms with Crippen molar-refractivity contribution in [2.75, 3.05) is 19.0 Å². The van der Waals surface area contributed by atoms with Gasteiger partial charge in [-0.05, 0) is 46.2 Å². The fourth-order valence-corrected chi connectivity index (χ4v) is 3.94. The fourth-order valence-electron chi connectivity index (χ4n) is 2.52. The molecule has 3 aromatic rings. The summed E-state index contributed by atoms with van der Waals surface area (Å²) >= 11 is 3.60. The number of para-hydroxylation sites is 1. The van der Waals surface area contributed by atoms with Crippen molar-refractivity contribution in [1.29, 1.82) is 0 Å². The molecule has 3 heteroatoms. The Morgan fingerprint density at radius 1 is 0.955 bits per heavy atom. The van der Waals surface area contributed by atoms with Gasteiger partial charge in [-0.3, -0.25) is 0 Å². The lowest BCUT2D eigenvalue weighted by atomic mass is 10.0. The first-order valence-corrected chi connectivity index (χ1v) is 9.03. The quantitative estimate of drug-likeness (QED) is 0.585. The van der Waals surface area contributed by atoms with Gasteiger partial charge in [0, 0.05) is 36.0 Å². The molecule has 2 aromatic heterocycles. The van der Waals surface area contributed by atoms with E-state index in [4.69, 9.17) is 0 Å². The fraction of sp³-hybridized carbons (Fsp3) is 0.158. The van der Waals surface area contributed by atoms with Crippen molar-refractivity contribution >= 4 is 40.0 Å². The molecule has 0 atom stereocenters. The zero-order valence-corrected chi connectivity index (χ0v) is 14.5. The van der Waals surface area contributed by atoms with E-state index in [1.165, 1.54) is 26.6 Å². The molecule has 0 fully saturated rings. The summed E-state index contributed by atoms with van der Waals surface area (Å²) in [5.41, 5.74) is 4.03. The summed E-state index contributed by atoms with van der Waals surface area (Å²) in [5.74, 6) is 0. The third-order valence-corrected chi connectivity index (χ3v) is 5.32. The van der Waals surface area contributed by atoms with Gasteiger partial charge in [0.1, 0.15) is 0 Å². The first-order valence-electron chi connectivity index (χ1n) is 7.27. The van der Waals surface area contributed by atoms with Crippen molar-refractivity contribution in [1.82, 2.24) is 0 Å². The van der Waals surface area contributed by atoms with Crippen molar-refractivity contribution in [3.05, 3.63) is 74.6 Å². The highest BCUT2D eigenvalue weighted by Crippen LogP contribution is 2.30. The molecule has 0 saturated heterocycles. The number of nitrogens with zero attached hydrogens (tertiary/aromatic N) is 1. The van der Waals surface area contributed by atoms with Crippen LogP contribution in [-0.4, -0.2) is 14.1 Å². The summed E-state index contributed by atoms with van der Waals surface area (Å²) in [5, 5.41) is 4.28. The summed E-state index contributed by atoms with van der Waals surface area (Å²) in [6.07, 6.45) is 3.27. The van der Waals surface area contributed by atoms with E-state index in [1.807, 2.05) is 11.3 Å². The summed E-state index contributed by atoms with van der Waals surface area (Å²) in [4.78, 5) is 4.85. The number of thiophene rings is 2. The van der Waals surface area contributed by atoms with Crippen LogP contribution in [0.4, 0.5) is 5.69 Å². The van der Waals surface area contributed by atoms with E-state index in [1.54, 1.807) is 11.3 Å². The lowest BCUT2D eigenvalue weighted by molar-refractivity contribution is 1.10. The van der Waals surface area contributed by atoms with Crippen LogP contribution in [0.25, 0.3) is 11.6 Å². The molecule has 0 unspecified atom stereocenters. The molecule has 0 aliphatic carbocycles. The number of allylic oxidation sites excluding steroid dienone is 1. The maximum atomic E-state index is 2.32. The molecule has 0 radical (unpaired) electrons. The highest BCUT2D eigenvalue weighted by molar-refractivity contribution is 7.12. The molecule has 22 heavy (non-hydrogen) atoms. The van der Waals surface area contributed by atoms with Crippen LogP contribution in [0, 0.1) is 0 Å². The van der Waals surface area contributed by atoms with Crippen LogP contribution in [0.2, 0.25) is 0 Å². The van der Waals surface area contributed by atoms with E-state index in [2.05, 4.69) is 84.4 Å². The van der Waals surface area contributed by atoms with E-state index in [0.29, 0.717) is 0 Å². The zero-order valence-electron chi connectivity index (χ0n) is 12.8. The Morgan fingerprint density at radius 3 is 2.41 bits per heavy atom. The van der Waals surface area contributed by atoms with Gasteiger partial charge in [0.25, 0.3) is 0 Å². The Labute approximate surface area is 140 Å². The average Bonchev–Trinajstić information content (AvgIpc) is 3.20. The minimum atomic E-state index is 0.951. The second-order valence-corrected chi connectivity index (χ2v) is 7.29. The molecule has 0 spiro atoms. The van der Waals surface area contributed by atoms with Crippen molar-refractivity contribution in [3.63, 3.8) is 0 Å². The summed E-state index contributed by atoms with van der Waals surface area (Å²) in [6.45, 7) is 0. The van der Waals surface area contributed by atoms with E-state index < -0.39 is 0 Å². The number of hydrogen-bond donors (Lipinski definition) is 0. The molecule has 0 bridgehead atoms. The van der Waals surface area contributed by atoms with Gasteiger partial charge in [0.05, 0.1) is 0 Å². The van der Waals surface area contributed by atoms with Gasteiger partial charge in [0.2, 0.25) is 0 Å². The van der Waals surface area contributed by atoms with E-state index >= 15 is 0 Å². The van der Waals surface area contributed by atoms with E-state index in [9.17, 15) is 0 Å². The molecule has 0 amide bonds. The van der Waals surface area contributed by atoms with Crippen molar-refractivity contribution < 1.29 is 0 Å². The van der Waals surface area contributed by atoms with Gasteiger partial charge < -0.3 is 4.90 Å². The Hall–Kier alpha value is -1.84. The van der Waals surface area contributed by atoms with Gasteiger partial charge in [-0.15, -0.1) is 22.7 Å². The Morgan fingerprint density at radius 2 is 1.73 bits per heavy atom. The SMILES string of the molecule is CN(C)c1ccccc1C/C(=C/c1cccs1)c1cccs1. The number of rotatable bonds is 5. The smallest absolute Gasteiger partial charge is 0.0396 e. The molecule has 2 heterocycles. The standard InChI is InChI=1S/C19H19NS2/c1-20(2)18-9-4-3-7-15(18)13-16(19-10-6-12-22-19)14-17-8-5-11-21-17/h3-12,14H,13H2,1-2H3/b16-14-. The maximum absolute atomic E-state index is 2.32. The van der Waals surface area contributed by atoms with Gasteiger partial charge in [0.15, 0.2) is 0 Å². The van der Waals surface area contributed by atoms with E-state index in [-0.39, 0.29) is 0 Å². The molecule has 0 N–H and O–H groups in total. The molecule has 1 aromatic carbocycles. The highest BCUT2D eigenvalue weighted by atomic mass is 32.1. The number of hydrogen-bond acceptors (Lipinski definition) is 3. The molecule has 0 aliphatic heterocycles. The van der Waals surface area contributed by atoms with Gasteiger partial charge in [-0.25, -0.2) is 0 Å². The van der Waals surface area contributed by atoms with Crippen molar-refractivity contribution in [2.24, 2.45) is 0 Å². The average molecular weight is 326 g/mol. The Balaban J connectivity index is 1.98. The van der Waals surface area contributed by atoms with Gasteiger partial charge in [-0.1, -0.05) is 30.3 Å². The van der Waals surface area contributed by atoms with Crippen molar-refractivity contribution in [2.45, 2.75) is 6.42 Å². The van der Waals surface area contributed by atoms with Gasteiger partial charge in [-0.2, -0.15) is 0 Å². The van der Waals surface area contributed by atoms with Crippen LogP contribution in [0.5, 0.6) is 0 Å². The van der Waals surface area contributed by atoms with E-state index in [0.717, 1.165) is 6.42 Å². The summed E-state index contributed by atoms with van der Waals surface area (Å²) in [7, 11) is 4.21. The van der Waals surface area contributed by atoms with Gasteiger partial charge >= 0.3 is 0 Å². The third kappa shape index (κ3) is 3.49. The van der Waals surface area contributed by atoms with Crippen LogP contribution >= 0.6 is 22.7 Å². The predicted octanol–water partition coefficient (Wildman–Crippen LogP) is 5.66. The largest absolute Gasteiger partial charge is 0.377 e. The maximum Gasteiger partial charge on any atom is 0.0396 e. The lowest BCUT2D eigenvalue weighted by Gasteiger charge is -2.18. The van der Waals surface area contributed by atoms with Crippen molar-refractivity contribution in [3.8, 4) is 0 Å². The first-order chi connectivity index (χ1) is 10.7.